The van der Waals surface area contributed by atoms with Gasteiger partial charge in [0.1, 0.15) is 17.2 Å². The zero-order chi connectivity index (χ0) is 17.4. The largest absolute Gasteiger partial charge is 0.497 e. The van der Waals surface area contributed by atoms with Gasteiger partial charge in [-0.3, -0.25) is 9.89 Å². The molecule has 1 amide bonds. The molecule has 1 aliphatic heterocycles. The second-order valence-corrected chi connectivity index (χ2v) is 6.75. The van der Waals surface area contributed by atoms with Crippen LogP contribution in [0, 0.1) is 0 Å². The molecule has 1 aromatic heterocycles. The number of ether oxygens (including phenoxy) is 2. The Kier molecular flexibility index (Phi) is 4.11. The van der Waals surface area contributed by atoms with Gasteiger partial charge in [-0.25, -0.2) is 0 Å². The van der Waals surface area contributed by atoms with E-state index in [1.165, 1.54) is 12.8 Å². The Morgan fingerprint density at radius 1 is 1.20 bits per heavy atom. The number of nitrogens with zero attached hydrogens (tertiary/aromatic N) is 2. The Labute approximate surface area is 147 Å². The number of nitrogens with one attached hydrogen (secondary N) is 1. The molecular formula is C19H23N3O3. The van der Waals surface area contributed by atoms with Gasteiger partial charge in [0.2, 0.25) is 0 Å². The van der Waals surface area contributed by atoms with Crippen LogP contribution in [0.25, 0.3) is 0 Å². The number of hydrogen-bond acceptors (Lipinski definition) is 4. The Morgan fingerprint density at radius 2 is 2.04 bits per heavy atom. The van der Waals surface area contributed by atoms with Gasteiger partial charge in [-0.15, -0.1) is 0 Å². The highest BCUT2D eigenvalue weighted by molar-refractivity contribution is 5.93. The average molecular weight is 341 g/mol. The highest BCUT2D eigenvalue weighted by Gasteiger charge is 2.34. The van der Waals surface area contributed by atoms with Crippen molar-refractivity contribution in [3.8, 4) is 11.5 Å². The maximum atomic E-state index is 13.0. The van der Waals surface area contributed by atoms with Crippen molar-refractivity contribution in [2.75, 3.05) is 20.8 Å². The fourth-order valence-electron chi connectivity index (χ4n) is 3.63. The molecular weight excluding hydrogens is 318 g/mol. The van der Waals surface area contributed by atoms with Gasteiger partial charge in [0.25, 0.3) is 5.91 Å². The van der Waals surface area contributed by atoms with E-state index in [0.29, 0.717) is 11.6 Å². The van der Waals surface area contributed by atoms with Crippen molar-refractivity contribution in [1.29, 1.82) is 0 Å². The van der Waals surface area contributed by atoms with E-state index in [4.69, 9.17) is 9.47 Å². The zero-order valence-electron chi connectivity index (χ0n) is 14.6. The number of amides is 1. The molecule has 4 rings (SSSR count). The van der Waals surface area contributed by atoms with Gasteiger partial charge in [0.15, 0.2) is 0 Å². The smallest absolute Gasteiger partial charge is 0.274 e. The number of methoxy groups -OCH3 is 2. The lowest BCUT2D eigenvalue weighted by atomic mass is 10.0. The van der Waals surface area contributed by atoms with Crippen molar-refractivity contribution in [3.63, 3.8) is 0 Å². The van der Waals surface area contributed by atoms with Crippen molar-refractivity contribution < 1.29 is 14.3 Å². The molecule has 1 saturated carbocycles. The van der Waals surface area contributed by atoms with Gasteiger partial charge < -0.3 is 14.4 Å². The van der Waals surface area contributed by atoms with E-state index in [-0.39, 0.29) is 11.9 Å². The van der Waals surface area contributed by atoms with E-state index in [2.05, 4.69) is 10.2 Å². The number of benzene rings is 1. The quantitative estimate of drug-likeness (QED) is 0.906. The molecule has 132 valence electrons. The molecule has 2 heterocycles. The van der Waals surface area contributed by atoms with Gasteiger partial charge in [0, 0.05) is 23.7 Å². The average Bonchev–Trinajstić information content (AvgIpc) is 3.19. The highest BCUT2D eigenvalue weighted by Crippen LogP contribution is 2.41. The third-order valence-corrected chi connectivity index (χ3v) is 5.14. The van der Waals surface area contributed by atoms with Crippen LogP contribution in [0.15, 0.2) is 24.3 Å². The van der Waals surface area contributed by atoms with Crippen molar-refractivity contribution >= 4 is 5.91 Å². The third kappa shape index (κ3) is 2.97. The summed E-state index contributed by atoms with van der Waals surface area (Å²) in [4.78, 5) is 14.9. The Balaban J connectivity index is 1.62. The van der Waals surface area contributed by atoms with E-state index in [9.17, 15) is 4.79 Å². The molecule has 0 radical (unpaired) electrons. The van der Waals surface area contributed by atoms with E-state index in [1.807, 2.05) is 29.2 Å². The Morgan fingerprint density at radius 3 is 2.76 bits per heavy atom. The minimum absolute atomic E-state index is 0.0152. The van der Waals surface area contributed by atoms with Crippen molar-refractivity contribution in [3.05, 3.63) is 41.2 Å². The summed E-state index contributed by atoms with van der Waals surface area (Å²) in [6, 6.07) is 7.64. The highest BCUT2D eigenvalue weighted by atomic mass is 16.5. The first-order chi connectivity index (χ1) is 12.2. The Bertz CT molecular complexity index is 782. The van der Waals surface area contributed by atoms with Crippen LogP contribution in [0.3, 0.4) is 0 Å². The monoisotopic (exact) mass is 341 g/mol. The second-order valence-electron chi connectivity index (χ2n) is 6.75. The lowest BCUT2D eigenvalue weighted by Crippen LogP contribution is -2.31. The molecule has 1 aromatic carbocycles. The standard InChI is InChI=1S/C19H23N3O3/c1-24-13-7-8-18(25-2)14(10-13)17-4-3-9-22(17)19(23)16-11-15(20-21-16)12-5-6-12/h7-8,10-12,17H,3-6,9H2,1-2H3,(H,20,21). The van der Waals surface area contributed by atoms with E-state index in [0.717, 1.165) is 42.1 Å². The summed E-state index contributed by atoms with van der Waals surface area (Å²) in [7, 11) is 3.30. The predicted molar refractivity (Wildman–Crippen MR) is 93.1 cm³/mol. The molecule has 1 N–H and O–H groups in total. The number of aromatic amines is 1. The van der Waals surface area contributed by atoms with Crippen LogP contribution in [0.1, 0.15) is 59.4 Å². The molecule has 2 aliphatic rings. The summed E-state index contributed by atoms with van der Waals surface area (Å²) in [5, 5.41) is 7.28. The number of likely N-dealkylation sites (tertiary alicyclic amines) is 1. The van der Waals surface area contributed by atoms with Gasteiger partial charge in [0.05, 0.1) is 20.3 Å². The summed E-state index contributed by atoms with van der Waals surface area (Å²) in [6.45, 7) is 0.732. The third-order valence-electron chi connectivity index (χ3n) is 5.14. The number of carbonyl (C=O) groups excluding carboxylic acids is 1. The van der Waals surface area contributed by atoms with Crippen LogP contribution < -0.4 is 9.47 Å². The molecule has 0 spiro atoms. The number of rotatable bonds is 5. The minimum Gasteiger partial charge on any atom is -0.497 e. The number of aromatic nitrogens is 2. The molecule has 1 aliphatic carbocycles. The molecule has 2 aromatic rings. The first kappa shape index (κ1) is 16.0. The fraction of sp³-hybridized carbons (Fsp3) is 0.474. The van der Waals surface area contributed by atoms with Crippen LogP contribution in [-0.4, -0.2) is 41.8 Å². The normalized spacial score (nSPS) is 19.9. The van der Waals surface area contributed by atoms with Crippen LogP contribution in [0.4, 0.5) is 0 Å². The van der Waals surface area contributed by atoms with Crippen LogP contribution in [0.5, 0.6) is 11.5 Å². The number of carbonyl (C=O) groups is 1. The molecule has 1 saturated heterocycles. The zero-order valence-corrected chi connectivity index (χ0v) is 14.6. The lowest BCUT2D eigenvalue weighted by Gasteiger charge is -2.26. The maximum absolute atomic E-state index is 13.0. The van der Waals surface area contributed by atoms with Gasteiger partial charge in [-0.1, -0.05) is 0 Å². The van der Waals surface area contributed by atoms with Gasteiger partial charge >= 0.3 is 0 Å². The maximum Gasteiger partial charge on any atom is 0.274 e. The number of H-pyrrole nitrogens is 1. The van der Waals surface area contributed by atoms with Crippen molar-refractivity contribution in [1.82, 2.24) is 15.1 Å². The van der Waals surface area contributed by atoms with Gasteiger partial charge in [-0.2, -0.15) is 5.10 Å². The van der Waals surface area contributed by atoms with E-state index < -0.39 is 0 Å². The first-order valence-electron chi connectivity index (χ1n) is 8.79. The summed E-state index contributed by atoms with van der Waals surface area (Å²) < 4.78 is 10.9. The molecule has 2 fully saturated rings. The summed E-state index contributed by atoms with van der Waals surface area (Å²) in [6.07, 6.45) is 4.25. The summed E-state index contributed by atoms with van der Waals surface area (Å²) in [5.74, 6) is 2.09. The fourth-order valence-corrected chi connectivity index (χ4v) is 3.63. The number of hydrogen-bond donors (Lipinski definition) is 1. The Hall–Kier alpha value is -2.50. The van der Waals surface area contributed by atoms with E-state index in [1.54, 1.807) is 14.2 Å². The molecule has 0 bridgehead atoms. The minimum atomic E-state index is -0.0180. The first-order valence-corrected chi connectivity index (χ1v) is 8.79. The second kappa shape index (κ2) is 6.43. The topological polar surface area (TPSA) is 67.5 Å². The molecule has 1 unspecified atom stereocenters. The van der Waals surface area contributed by atoms with Crippen LogP contribution in [-0.2, 0) is 0 Å². The van der Waals surface area contributed by atoms with Crippen LogP contribution in [0.2, 0.25) is 0 Å². The molecule has 25 heavy (non-hydrogen) atoms. The SMILES string of the molecule is COc1ccc(OC)c(C2CCCN2C(=O)c2cc(C3CC3)[nH]n2)c1. The lowest BCUT2D eigenvalue weighted by molar-refractivity contribution is 0.0728. The summed E-state index contributed by atoms with van der Waals surface area (Å²) >= 11 is 0. The molecule has 1 atom stereocenters. The predicted octanol–water partition coefficient (Wildman–Crippen LogP) is 3.28. The molecule has 6 heteroatoms. The van der Waals surface area contributed by atoms with Crippen molar-refractivity contribution in [2.45, 2.75) is 37.6 Å². The summed E-state index contributed by atoms with van der Waals surface area (Å²) in [5.41, 5.74) is 2.58. The van der Waals surface area contributed by atoms with E-state index >= 15 is 0 Å². The van der Waals surface area contributed by atoms with Crippen molar-refractivity contribution in [2.24, 2.45) is 0 Å². The van der Waals surface area contributed by atoms with Gasteiger partial charge in [-0.05, 0) is 49.9 Å². The van der Waals surface area contributed by atoms with Crippen LogP contribution >= 0.6 is 0 Å². The molecule has 6 nitrogen and oxygen atoms in total.